The fourth-order valence-corrected chi connectivity index (χ4v) is 8.68. The number of fused-ring (bicyclic) bond motifs is 5. The number of hydrogen-bond donors (Lipinski definition) is 0. The summed E-state index contributed by atoms with van der Waals surface area (Å²) < 4.78 is 2.39. The lowest BCUT2D eigenvalue weighted by Crippen LogP contribution is -1.94. The lowest BCUT2D eigenvalue weighted by molar-refractivity contribution is 1.18. The largest absolute Gasteiger partial charge is 0.309 e. The summed E-state index contributed by atoms with van der Waals surface area (Å²) in [6.07, 6.45) is 0. The van der Waals surface area contributed by atoms with Crippen LogP contribution in [0, 0.1) is 0 Å². The van der Waals surface area contributed by atoms with E-state index in [1.54, 1.807) is 0 Å². The molecule has 226 valence electrons. The van der Waals surface area contributed by atoms with Crippen LogP contribution in [0.25, 0.3) is 104 Å². The lowest BCUT2D eigenvalue weighted by Gasteiger charge is -2.20. The van der Waals surface area contributed by atoms with E-state index in [1.807, 2.05) is 0 Å². The zero-order valence-electron chi connectivity index (χ0n) is 26.7. The molecule has 0 radical (unpaired) electrons. The molecule has 0 aliphatic rings. The van der Waals surface area contributed by atoms with Gasteiger partial charge in [-0.1, -0.05) is 140 Å². The van der Waals surface area contributed by atoms with Crippen LogP contribution in [0.15, 0.2) is 176 Å². The molecule has 0 aliphatic carbocycles. The van der Waals surface area contributed by atoms with Crippen molar-refractivity contribution in [1.29, 1.82) is 0 Å². The number of aromatic nitrogens is 1. The maximum absolute atomic E-state index is 2.43. The summed E-state index contributed by atoms with van der Waals surface area (Å²) >= 11 is 0. The molecule has 1 heteroatoms. The fourth-order valence-electron chi connectivity index (χ4n) is 8.68. The average molecular weight is 620 g/mol. The van der Waals surface area contributed by atoms with E-state index >= 15 is 0 Å². The highest BCUT2D eigenvalue weighted by atomic mass is 15.0. The Balaban J connectivity index is 1.25. The fraction of sp³-hybridized carbons (Fsp3) is 0. The number of para-hydroxylation sites is 2. The Bertz CT molecular complexity index is 3030. The minimum Gasteiger partial charge on any atom is -0.309 e. The van der Waals surface area contributed by atoms with Crippen molar-refractivity contribution >= 4 is 75.7 Å². The molecular formula is C48H29N. The quantitative estimate of drug-likeness (QED) is 0.137. The zero-order chi connectivity index (χ0) is 32.1. The van der Waals surface area contributed by atoms with E-state index in [4.69, 9.17) is 0 Å². The van der Waals surface area contributed by atoms with Crippen LogP contribution in [-0.2, 0) is 0 Å². The third-order valence-electron chi connectivity index (χ3n) is 10.7. The first-order valence-corrected chi connectivity index (χ1v) is 17.0. The lowest BCUT2D eigenvalue weighted by atomic mass is 9.82. The molecule has 1 aromatic heterocycles. The molecule has 0 atom stereocenters. The second-order valence-corrected chi connectivity index (χ2v) is 13.2. The molecule has 0 aliphatic heterocycles. The van der Waals surface area contributed by atoms with Gasteiger partial charge in [-0.2, -0.15) is 0 Å². The number of hydrogen-bond acceptors (Lipinski definition) is 0. The Morgan fingerprint density at radius 2 is 0.857 bits per heavy atom. The van der Waals surface area contributed by atoms with E-state index in [2.05, 4.69) is 180 Å². The third kappa shape index (κ3) is 3.70. The van der Waals surface area contributed by atoms with Gasteiger partial charge in [-0.05, 0) is 113 Å². The van der Waals surface area contributed by atoms with Crippen LogP contribution < -0.4 is 0 Å². The molecule has 10 aromatic carbocycles. The van der Waals surface area contributed by atoms with Crippen LogP contribution in [0.4, 0.5) is 0 Å². The molecule has 0 amide bonds. The first-order chi connectivity index (χ1) is 24.3. The van der Waals surface area contributed by atoms with Gasteiger partial charge in [0.15, 0.2) is 0 Å². The smallest absolute Gasteiger partial charge is 0.0541 e. The van der Waals surface area contributed by atoms with Gasteiger partial charge in [0.05, 0.1) is 11.0 Å². The summed E-state index contributed by atoms with van der Waals surface area (Å²) in [5.74, 6) is 0. The van der Waals surface area contributed by atoms with Crippen LogP contribution in [0.3, 0.4) is 0 Å². The molecule has 49 heavy (non-hydrogen) atoms. The summed E-state index contributed by atoms with van der Waals surface area (Å²) in [5, 5.41) is 15.5. The standard InChI is InChI=1S/C48H29N/c1-2-15-34(16-3-1)49-43-23-9-8-17-35(43)41-28-33(26-27-44(41)49)46-36-18-4-6-20-38(36)48(39-21-7-5-19-37(39)46)42-29-32-14-10-12-30-24-25-31-13-11-22-40(42)47(31)45(30)32/h1-29H. The monoisotopic (exact) mass is 619 g/mol. The summed E-state index contributed by atoms with van der Waals surface area (Å²) in [6.45, 7) is 0. The summed E-state index contributed by atoms with van der Waals surface area (Å²) in [4.78, 5) is 0. The van der Waals surface area contributed by atoms with Gasteiger partial charge in [0.2, 0.25) is 0 Å². The Labute approximate surface area is 283 Å². The first kappa shape index (κ1) is 26.6. The summed E-state index contributed by atoms with van der Waals surface area (Å²) in [6, 6.07) is 65.1. The van der Waals surface area contributed by atoms with Crippen molar-refractivity contribution in [2.45, 2.75) is 0 Å². The van der Waals surface area contributed by atoms with Gasteiger partial charge in [-0.15, -0.1) is 0 Å². The van der Waals surface area contributed by atoms with Crippen LogP contribution in [-0.4, -0.2) is 4.57 Å². The molecule has 0 unspecified atom stereocenters. The zero-order valence-corrected chi connectivity index (χ0v) is 26.7. The summed E-state index contributed by atoms with van der Waals surface area (Å²) in [7, 11) is 0. The topological polar surface area (TPSA) is 4.93 Å². The van der Waals surface area contributed by atoms with Gasteiger partial charge >= 0.3 is 0 Å². The van der Waals surface area contributed by atoms with E-state index in [-0.39, 0.29) is 0 Å². The molecule has 0 saturated heterocycles. The second-order valence-electron chi connectivity index (χ2n) is 13.2. The van der Waals surface area contributed by atoms with E-state index < -0.39 is 0 Å². The predicted octanol–water partition coefficient (Wildman–Crippen LogP) is 13.3. The van der Waals surface area contributed by atoms with Crippen molar-refractivity contribution in [3.05, 3.63) is 176 Å². The molecule has 0 fully saturated rings. The molecule has 11 rings (SSSR count). The predicted molar refractivity (Wildman–Crippen MR) is 210 cm³/mol. The Morgan fingerprint density at radius 1 is 0.306 bits per heavy atom. The normalized spacial score (nSPS) is 12.1. The van der Waals surface area contributed by atoms with Crippen molar-refractivity contribution in [3.63, 3.8) is 0 Å². The van der Waals surface area contributed by atoms with Crippen molar-refractivity contribution in [3.8, 4) is 27.9 Å². The van der Waals surface area contributed by atoms with Crippen molar-refractivity contribution in [1.82, 2.24) is 4.57 Å². The molecule has 1 nitrogen and oxygen atoms in total. The first-order valence-electron chi connectivity index (χ1n) is 17.0. The van der Waals surface area contributed by atoms with Gasteiger partial charge in [0.25, 0.3) is 0 Å². The van der Waals surface area contributed by atoms with Gasteiger partial charge in [0.1, 0.15) is 0 Å². The highest BCUT2D eigenvalue weighted by molar-refractivity contribution is 6.30. The SMILES string of the molecule is c1ccc(-n2c3ccccc3c3cc(-c4c5ccccc5c(-c5cc6cccc7ccc8cccc5c8c76)c5ccccc45)ccc32)cc1. The maximum Gasteiger partial charge on any atom is 0.0541 e. The minimum absolute atomic E-state index is 1.18. The van der Waals surface area contributed by atoms with E-state index in [0.29, 0.717) is 0 Å². The van der Waals surface area contributed by atoms with Crippen molar-refractivity contribution in [2.24, 2.45) is 0 Å². The Hall–Kier alpha value is -6.44. The highest BCUT2D eigenvalue weighted by Gasteiger charge is 2.21. The molecule has 0 bridgehead atoms. The number of nitrogens with zero attached hydrogens (tertiary/aromatic N) is 1. The van der Waals surface area contributed by atoms with E-state index in [0.717, 1.165) is 0 Å². The van der Waals surface area contributed by atoms with Crippen LogP contribution >= 0.6 is 0 Å². The van der Waals surface area contributed by atoms with Crippen LogP contribution in [0.5, 0.6) is 0 Å². The van der Waals surface area contributed by atoms with Crippen molar-refractivity contribution in [2.75, 3.05) is 0 Å². The highest BCUT2D eigenvalue weighted by Crippen LogP contribution is 2.48. The van der Waals surface area contributed by atoms with Gasteiger partial charge in [0, 0.05) is 16.5 Å². The van der Waals surface area contributed by atoms with Crippen molar-refractivity contribution < 1.29 is 0 Å². The van der Waals surface area contributed by atoms with E-state index in [9.17, 15) is 0 Å². The van der Waals surface area contributed by atoms with Gasteiger partial charge in [-0.3, -0.25) is 0 Å². The number of rotatable bonds is 3. The van der Waals surface area contributed by atoms with Crippen LogP contribution in [0.1, 0.15) is 0 Å². The summed E-state index contributed by atoms with van der Waals surface area (Å²) in [5.41, 5.74) is 8.72. The third-order valence-corrected chi connectivity index (χ3v) is 10.7. The molecule has 0 N–H and O–H groups in total. The molecular weight excluding hydrogens is 591 g/mol. The Kier molecular flexibility index (Phi) is 5.45. The molecule has 0 spiro atoms. The average Bonchev–Trinajstić information content (AvgIpc) is 3.50. The van der Waals surface area contributed by atoms with Gasteiger partial charge < -0.3 is 4.57 Å². The molecule has 1 heterocycles. The van der Waals surface area contributed by atoms with Gasteiger partial charge in [-0.25, -0.2) is 0 Å². The molecule has 0 saturated carbocycles. The maximum atomic E-state index is 2.43. The Morgan fingerprint density at radius 3 is 1.59 bits per heavy atom. The van der Waals surface area contributed by atoms with E-state index in [1.165, 1.54) is 104 Å². The minimum atomic E-state index is 1.18. The second kappa shape index (κ2) is 10.0. The molecule has 11 aromatic rings. The number of benzene rings is 10. The van der Waals surface area contributed by atoms with Crippen LogP contribution in [0.2, 0.25) is 0 Å².